The summed E-state index contributed by atoms with van der Waals surface area (Å²) in [6, 6.07) is 4.90. The Hall–Kier alpha value is -1.73. The molecule has 8 heteroatoms. The Morgan fingerprint density at radius 1 is 1.53 bits per heavy atom. The second-order valence-electron chi connectivity index (χ2n) is 3.66. The highest BCUT2D eigenvalue weighted by atomic mass is 35.5. The Morgan fingerprint density at radius 3 is 2.95 bits per heavy atom. The van der Waals surface area contributed by atoms with Crippen molar-refractivity contribution >= 4 is 40.6 Å². The van der Waals surface area contributed by atoms with Crippen LogP contribution in [0.5, 0.6) is 0 Å². The molecule has 1 heterocycles. The molecular weight excluding hydrogens is 288 g/mol. The fourth-order valence-electron chi connectivity index (χ4n) is 1.28. The highest BCUT2D eigenvalue weighted by Crippen LogP contribution is 2.23. The molecule has 1 amide bonds. The molecule has 0 aliphatic heterocycles. The second kappa shape index (κ2) is 5.94. The van der Waals surface area contributed by atoms with Crippen molar-refractivity contribution in [2.24, 2.45) is 0 Å². The van der Waals surface area contributed by atoms with Gasteiger partial charge in [0, 0.05) is 12.6 Å². The number of nitrogens with one attached hydrogen (secondary N) is 1. The lowest BCUT2D eigenvalue weighted by Gasteiger charge is -2.05. The topological polar surface area (TPSA) is 94.0 Å². The van der Waals surface area contributed by atoms with Crippen LogP contribution in [0.25, 0.3) is 0 Å². The van der Waals surface area contributed by atoms with Gasteiger partial charge < -0.3 is 15.5 Å². The van der Waals surface area contributed by atoms with Crippen molar-refractivity contribution in [3.63, 3.8) is 0 Å². The number of hydrogen-bond acceptors (Lipinski definition) is 6. The number of carbonyl (C=O) groups excluding carboxylic acids is 1. The number of aromatic nitrogens is 2. The summed E-state index contributed by atoms with van der Waals surface area (Å²) in [6.07, 6.45) is 0. The first-order valence-corrected chi connectivity index (χ1v) is 6.69. The monoisotopic (exact) mass is 298 g/mol. The van der Waals surface area contributed by atoms with Gasteiger partial charge in [0.25, 0.3) is 5.22 Å². The maximum Gasteiger partial charge on any atom is 0.277 e. The Bertz CT molecular complexity index is 602. The quantitative estimate of drug-likeness (QED) is 0.664. The van der Waals surface area contributed by atoms with Crippen LogP contribution in [0.2, 0.25) is 5.02 Å². The number of halogens is 1. The molecule has 0 spiro atoms. The Morgan fingerprint density at radius 2 is 2.32 bits per heavy atom. The number of amides is 1. The minimum atomic E-state index is -0.192. The van der Waals surface area contributed by atoms with Gasteiger partial charge in [-0.3, -0.25) is 4.79 Å². The van der Waals surface area contributed by atoms with Crippen molar-refractivity contribution in [1.29, 1.82) is 0 Å². The van der Waals surface area contributed by atoms with Crippen LogP contribution in [-0.4, -0.2) is 21.9 Å². The van der Waals surface area contributed by atoms with E-state index in [2.05, 4.69) is 15.5 Å². The molecule has 2 rings (SSSR count). The van der Waals surface area contributed by atoms with Gasteiger partial charge in [0.2, 0.25) is 11.8 Å². The van der Waals surface area contributed by atoms with E-state index in [1.165, 1.54) is 11.8 Å². The minimum Gasteiger partial charge on any atom is -0.416 e. The van der Waals surface area contributed by atoms with Crippen molar-refractivity contribution in [2.75, 3.05) is 16.8 Å². The number of anilines is 2. The van der Waals surface area contributed by atoms with E-state index in [4.69, 9.17) is 21.8 Å². The largest absolute Gasteiger partial charge is 0.416 e. The van der Waals surface area contributed by atoms with E-state index in [0.29, 0.717) is 27.5 Å². The molecule has 2 aromatic rings. The normalized spacial score (nSPS) is 10.4. The van der Waals surface area contributed by atoms with E-state index in [9.17, 15) is 4.79 Å². The first-order valence-electron chi connectivity index (χ1n) is 5.32. The maximum absolute atomic E-state index is 11.7. The van der Waals surface area contributed by atoms with Crippen LogP contribution in [0.15, 0.2) is 27.8 Å². The van der Waals surface area contributed by atoms with Crippen LogP contribution in [-0.2, 0) is 4.79 Å². The molecule has 0 saturated heterocycles. The highest BCUT2D eigenvalue weighted by Gasteiger charge is 2.08. The minimum absolute atomic E-state index is 0.171. The Labute approximate surface area is 118 Å². The number of nitrogens with zero attached hydrogens (tertiary/aromatic N) is 2. The molecule has 0 aliphatic carbocycles. The Kier molecular flexibility index (Phi) is 4.28. The van der Waals surface area contributed by atoms with E-state index < -0.39 is 0 Å². The van der Waals surface area contributed by atoms with Crippen LogP contribution in [0.4, 0.5) is 11.4 Å². The summed E-state index contributed by atoms with van der Waals surface area (Å²) >= 11 is 6.96. The predicted molar refractivity (Wildman–Crippen MR) is 74.3 cm³/mol. The third-order valence-corrected chi connectivity index (χ3v) is 3.28. The van der Waals surface area contributed by atoms with Gasteiger partial charge in [-0.15, -0.1) is 10.2 Å². The van der Waals surface area contributed by atoms with Crippen LogP contribution >= 0.6 is 23.4 Å². The number of aryl methyl sites for hydroxylation is 1. The fourth-order valence-corrected chi connectivity index (χ4v) is 2.00. The average molecular weight is 299 g/mol. The summed E-state index contributed by atoms with van der Waals surface area (Å²) in [6.45, 7) is 1.69. The predicted octanol–water partition coefficient (Wildman–Crippen LogP) is 2.34. The molecule has 19 heavy (non-hydrogen) atoms. The number of carbonyl (C=O) groups is 1. The maximum atomic E-state index is 11.7. The molecule has 0 bridgehead atoms. The molecule has 0 atom stereocenters. The lowest BCUT2D eigenvalue weighted by molar-refractivity contribution is -0.113. The number of thioether (sulfide) groups is 1. The van der Waals surface area contributed by atoms with Crippen molar-refractivity contribution in [1.82, 2.24) is 10.2 Å². The molecule has 0 unspecified atom stereocenters. The first-order chi connectivity index (χ1) is 9.04. The third kappa shape index (κ3) is 3.87. The number of nitrogens with two attached hydrogens (primary N) is 1. The lowest BCUT2D eigenvalue weighted by Crippen LogP contribution is -2.14. The molecule has 1 aromatic carbocycles. The number of nitrogen functional groups attached to an aromatic ring is 1. The van der Waals surface area contributed by atoms with Crippen LogP contribution in [0.1, 0.15) is 5.89 Å². The summed E-state index contributed by atoms with van der Waals surface area (Å²) in [5.74, 6) is 0.445. The van der Waals surface area contributed by atoms with Crippen molar-refractivity contribution in [3.8, 4) is 0 Å². The van der Waals surface area contributed by atoms with Crippen LogP contribution < -0.4 is 11.1 Å². The first kappa shape index (κ1) is 13.7. The van der Waals surface area contributed by atoms with Gasteiger partial charge in [0.1, 0.15) is 0 Å². The van der Waals surface area contributed by atoms with E-state index in [-0.39, 0.29) is 11.7 Å². The van der Waals surface area contributed by atoms with Gasteiger partial charge >= 0.3 is 0 Å². The number of benzene rings is 1. The van der Waals surface area contributed by atoms with Gasteiger partial charge in [0.15, 0.2) is 0 Å². The standard InChI is InChI=1S/C11H11ClN4O2S/c1-6-15-16-11(18-6)19-5-10(17)14-7-2-3-8(12)9(13)4-7/h2-4H,5,13H2,1H3,(H,14,17). The summed E-state index contributed by atoms with van der Waals surface area (Å²) in [7, 11) is 0. The Balaban J connectivity index is 1.88. The van der Waals surface area contributed by atoms with Gasteiger partial charge in [0.05, 0.1) is 16.5 Å². The van der Waals surface area contributed by atoms with Crippen molar-refractivity contribution in [3.05, 3.63) is 29.1 Å². The summed E-state index contributed by atoms with van der Waals surface area (Å²) in [4.78, 5) is 11.7. The molecule has 0 saturated carbocycles. The highest BCUT2D eigenvalue weighted by molar-refractivity contribution is 7.99. The summed E-state index contributed by atoms with van der Waals surface area (Å²) in [5.41, 5.74) is 6.65. The van der Waals surface area contributed by atoms with E-state index >= 15 is 0 Å². The average Bonchev–Trinajstić information content (AvgIpc) is 2.77. The van der Waals surface area contributed by atoms with Crippen LogP contribution in [0.3, 0.4) is 0 Å². The molecule has 0 radical (unpaired) electrons. The zero-order chi connectivity index (χ0) is 13.8. The van der Waals surface area contributed by atoms with Gasteiger partial charge in [-0.1, -0.05) is 23.4 Å². The van der Waals surface area contributed by atoms with Gasteiger partial charge in [-0.2, -0.15) is 0 Å². The number of rotatable bonds is 4. The zero-order valence-corrected chi connectivity index (χ0v) is 11.6. The molecule has 1 aromatic heterocycles. The van der Waals surface area contributed by atoms with E-state index in [1.54, 1.807) is 25.1 Å². The molecule has 6 nitrogen and oxygen atoms in total. The van der Waals surface area contributed by atoms with Crippen LogP contribution in [0, 0.1) is 6.92 Å². The van der Waals surface area contributed by atoms with E-state index in [0.717, 1.165) is 0 Å². The van der Waals surface area contributed by atoms with Crippen molar-refractivity contribution < 1.29 is 9.21 Å². The molecule has 3 N–H and O–H groups in total. The van der Waals surface area contributed by atoms with Crippen molar-refractivity contribution in [2.45, 2.75) is 12.1 Å². The third-order valence-electron chi connectivity index (χ3n) is 2.11. The molecule has 100 valence electrons. The smallest absolute Gasteiger partial charge is 0.277 e. The summed E-state index contributed by atoms with van der Waals surface area (Å²) in [5, 5.41) is 11.0. The molecular formula is C11H11ClN4O2S. The molecule has 0 fully saturated rings. The lowest BCUT2D eigenvalue weighted by atomic mass is 10.3. The SMILES string of the molecule is Cc1nnc(SCC(=O)Nc2ccc(Cl)c(N)c2)o1. The van der Waals surface area contributed by atoms with E-state index in [1.807, 2.05) is 0 Å². The van der Waals surface area contributed by atoms with Gasteiger partial charge in [-0.25, -0.2) is 0 Å². The summed E-state index contributed by atoms with van der Waals surface area (Å²) < 4.78 is 5.14. The second-order valence-corrected chi connectivity index (χ2v) is 4.99. The zero-order valence-electron chi connectivity index (χ0n) is 10.0. The number of hydrogen-bond donors (Lipinski definition) is 2. The molecule has 0 aliphatic rings. The fraction of sp³-hybridized carbons (Fsp3) is 0.182. The van der Waals surface area contributed by atoms with Gasteiger partial charge in [-0.05, 0) is 18.2 Å².